The molecule has 1 fully saturated rings. The molecule has 8 nitrogen and oxygen atoms in total. The Labute approximate surface area is 190 Å². The first-order valence-electron chi connectivity index (χ1n) is 9.44. The number of hydrogen-bond donors (Lipinski definition) is 2. The monoisotopic (exact) mass is 504 g/mol. The number of aromatic hydroxyl groups is 1. The Morgan fingerprint density at radius 3 is 2.52 bits per heavy atom. The molecule has 0 bridgehead atoms. The molecule has 0 radical (unpaired) electrons. The van der Waals surface area contributed by atoms with E-state index in [1.807, 2.05) is 6.07 Å². The molecular weight excluding hydrogens is 488 g/mol. The number of hydrogen-bond acceptors (Lipinski definition) is 6. The van der Waals surface area contributed by atoms with E-state index >= 15 is 0 Å². The first-order valence-corrected chi connectivity index (χ1v) is 10.6. The Bertz CT molecular complexity index is 1250. The van der Waals surface area contributed by atoms with Crippen molar-refractivity contribution in [3.63, 3.8) is 0 Å². The van der Waals surface area contributed by atoms with Crippen LogP contribution in [0.4, 0.5) is 11.4 Å². The topological polar surface area (TPSA) is 99.9 Å². The van der Waals surface area contributed by atoms with Crippen LogP contribution in [0.25, 0.3) is 5.69 Å². The number of nitrogens with one attached hydrogen (secondary N) is 1. The lowest BCUT2D eigenvalue weighted by Gasteiger charge is -2.29. The summed E-state index contributed by atoms with van der Waals surface area (Å²) in [5.74, 6) is -0.504. The Hall–Kier alpha value is -2.88. The Morgan fingerprint density at radius 1 is 1.13 bits per heavy atom. The highest BCUT2D eigenvalue weighted by molar-refractivity contribution is 9.10. The van der Waals surface area contributed by atoms with Crippen molar-refractivity contribution in [2.24, 2.45) is 4.99 Å². The van der Waals surface area contributed by atoms with E-state index < -0.39 is 17.1 Å². The van der Waals surface area contributed by atoms with Gasteiger partial charge in [0.15, 0.2) is 0 Å². The highest BCUT2D eigenvalue weighted by Gasteiger charge is 2.16. The van der Waals surface area contributed by atoms with Gasteiger partial charge in [0.2, 0.25) is 5.88 Å². The summed E-state index contributed by atoms with van der Waals surface area (Å²) >= 11 is 9.74. The molecule has 2 aromatic carbocycles. The second-order valence-corrected chi connectivity index (χ2v) is 8.12. The summed E-state index contributed by atoms with van der Waals surface area (Å²) in [6, 6.07) is 12.0. The largest absolute Gasteiger partial charge is 0.493 e. The number of benzene rings is 2. The molecule has 0 aliphatic carbocycles. The normalized spacial score (nSPS) is 14.3. The fraction of sp³-hybridized carbons (Fsp3) is 0.190. The third-order valence-electron chi connectivity index (χ3n) is 4.83. The maximum absolute atomic E-state index is 12.3. The van der Waals surface area contributed by atoms with E-state index in [0.29, 0.717) is 29.6 Å². The number of morpholine rings is 1. The van der Waals surface area contributed by atoms with Gasteiger partial charge in [-0.2, -0.15) is 0 Å². The van der Waals surface area contributed by atoms with Crippen LogP contribution >= 0.6 is 27.5 Å². The smallest absolute Gasteiger partial charge is 0.335 e. The molecule has 1 aromatic heterocycles. The van der Waals surface area contributed by atoms with Crippen molar-refractivity contribution in [1.82, 2.24) is 9.55 Å². The van der Waals surface area contributed by atoms with Crippen molar-refractivity contribution in [2.75, 3.05) is 31.2 Å². The summed E-state index contributed by atoms with van der Waals surface area (Å²) in [5.41, 5.74) is 0.150. The number of aliphatic imine (C=N–C) groups is 1. The van der Waals surface area contributed by atoms with Gasteiger partial charge in [-0.25, -0.2) is 9.36 Å². The van der Waals surface area contributed by atoms with Crippen molar-refractivity contribution < 1.29 is 9.84 Å². The minimum Gasteiger partial charge on any atom is -0.493 e. The van der Waals surface area contributed by atoms with Gasteiger partial charge in [0.05, 0.1) is 35.3 Å². The lowest BCUT2D eigenvalue weighted by atomic mass is 10.2. The highest BCUT2D eigenvalue weighted by Crippen LogP contribution is 2.30. The molecule has 10 heteroatoms. The summed E-state index contributed by atoms with van der Waals surface area (Å²) < 4.78 is 7.18. The Morgan fingerprint density at radius 2 is 1.84 bits per heavy atom. The SMILES string of the molecule is O=c1[nH]c(=O)n(-c2ccc(Br)cc2)c(O)c1C=Nc1ccc(N2CCOCC2)c(Cl)c1. The van der Waals surface area contributed by atoms with Crippen molar-refractivity contribution in [1.29, 1.82) is 0 Å². The van der Waals surface area contributed by atoms with Gasteiger partial charge >= 0.3 is 5.69 Å². The molecule has 1 saturated heterocycles. The van der Waals surface area contributed by atoms with Crippen LogP contribution in [0.2, 0.25) is 5.02 Å². The first-order chi connectivity index (χ1) is 14.9. The van der Waals surface area contributed by atoms with Crippen LogP contribution in [-0.4, -0.2) is 47.2 Å². The van der Waals surface area contributed by atoms with Crippen molar-refractivity contribution in [3.8, 4) is 11.6 Å². The predicted molar refractivity (Wildman–Crippen MR) is 124 cm³/mol. The van der Waals surface area contributed by atoms with E-state index in [9.17, 15) is 14.7 Å². The van der Waals surface area contributed by atoms with E-state index in [1.54, 1.807) is 36.4 Å². The average Bonchev–Trinajstić information content (AvgIpc) is 2.75. The molecule has 160 valence electrons. The van der Waals surface area contributed by atoms with Gasteiger partial charge in [0.1, 0.15) is 5.56 Å². The molecule has 0 atom stereocenters. The zero-order valence-electron chi connectivity index (χ0n) is 16.2. The van der Waals surface area contributed by atoms with Crippen molar-refractivity contribution in [2.45, 2.75) is 0 Å². The van der Waals surface area contributed by atoms with Gasteiger partial charge in [-0.3, -0.25) is 14.8 Å². The van der Waals surface area contributed by atoms with Crippen molar-refractivity contribution in [3.05, 3.63) is 78.4 Å². The van der Waals surface area contributed by atoms with Crippen LogP contribution < -0.4 is 16.1 Å². The molecule has 31 heavy (non-hydrogen) atoms. The second-order valence-electron chi connectivity index (χ2n) is 6.80. The minimum atomic E-state index is -0.750. The van der Waals surface area contributed by atoms with Crippen LogP contribution in [0, 0.1) is 0 Å². The molecule has 0 amide bonds. The third kappa shape index (κ3) is 4.58. The van der Waals surface area contributed by atoms with Crippen LogP contribution in [0.15, 0.2) is 61.5 Å². The standard InChI is InChI=1S/C21H18BrClN4O4/c22-13-1-4-15(5-2-13)27-20(29)16(19(28)25-21(27)30)12-24-14-3-6-18(17(23)11-14)26-7-9-31-10-8-26/h1-6,11-12,29H,7-10H2,(H,25,28,30). The Kier molecular flexibility index (Phi) is 6.26. The van der Waals surface area contributed by atoms with Gasteiger partial charge in [0, 0.05) is 23.8 Å². The summed E-state index contributed by atoms with van der Waals surface area (Å²) in [7, 11) is 0. The molecule has 1 aliphatic rings. The van der Waals surface area contributed by atoms with Crippen LogP contribution in [0.1, 0.15) is 5.56 Å². The van der Waals surface area contributed by atoms with E-state index in [-0.39, 0.29) is 5.56 Å². The molecule has 0 saturated carbocycles. The molecule has 2 heterocycles. The fourth-order valence-corrected chi connectivity index (χ4v) is 3.82. The molecule has 2 N–H and O–H groups in total. The fourth-order valence-electron chi connectivity index (χ4n) is 3.26. The number of nitrogens with zero attached hydrogens (tertiary/aromatic N) is 3. The summed E-state index contributed by atoms with van der Waals surface area (Å²) in [6.45, 7) is 2.80. The number of aromatic nitrogens is 2. The number of H-pyrrole nitrogens is 1. The number of anilines is 1. The van der Waals surface area contributed by atoms with E-state index in [0.717, 1.165) is 27.8 Å². The summed E-state index contributed by atoms with van der Waals surface area (Å²) in [4.78, 5) is 33.1. The van der Waals surface area contributed by atoms with E-state index in [4.69, 9.17) is 16.3 Å². The zero-order chi connectivity index (χ0) is 22.0. The van der Waals surface area contributed by atoms with Gasteiger partial charge in [0.25, 0.3) is 5.56 Å². The number of ether oxygens (including phenoxy) is 1. The maximum Gasteiger partial charge on any atom is 0.335 e. The maximum atomic E-state index is 12.3. The lowest BCUT2D eigenvalue weighted by Crippen LogP contribution is -2.36. The molecule has 3 aromatic rings. The molecule has 0 unspecified atom stereocenters. The van der Waals surface area contributed by atoms with Crippen LogP contribution in [0.3, 0.4) is 0 Å². The Balaban J connectivity index is 1.67. The average molecular weight is 506 g/mol. The number of aromatic amines is 1. The number of halogens is 2. The van der Waals surface area contributed by atoms with Crippen LogP contribution in [0.5, 0.6) is 5.88 Å². The second kappa shape index (κ2) is 9.09. The van der Waals surface area contributed by atoms with Gasteiger partial charge in [-0.05, 0) is 42.5 Å². The zero-order valence-corrected chi connectivity index (χ0v) is 18.6. The summed E-state index contributed by atoms with van der Waals surface area (Å²) in [5, 5.41) is 11.1. The predicted octanol–water partition coefficient (Wildman–Crippen LogP) is 3.23. The van der Waals surface area contributed by atoms with Gasteiger partial charge < -0.3 is 14.7 Å². The van der Waals surface area contributed by atoms with E-state index in [1.165, 1.54) is 6.21 Å². The quantitative estimate of drug-likeness (QED) is 0.530. The molecular formula is C21H18BrClN4O4. The number of rotatable bonds is 4. The van der Waals surface area contributed by atoms with Gasteiger partial charge in [-0.15, -0.1) is 0 Å². The lowest BCUT2D eigenvalue weighted by molar-refractivity contribution is 0.122. The van der Waals surface area contributed by atoms with Crippen molar-refractivity contribution >= 4 is 45.1 Å². The minimum absolute atomic E-state index is 0.143. The molecule has 4 rings (SSSR count). The third-order valence-corrected chi connectivity index (χ3v) is 5.66. The molecule has 0 spiro atoms. The first kappa shape index (κ1) is 21.4. The van der Waals surface area contributed by atoms with E-state index in [2.05, 4.69) is 30.8 Å². The van der Waals surface area contributed by atoms with Crippen LogP contribution in [-0.2, 0) is 4.74 Å². The van der Waals surface area contributed by atoms with Gasteiger partial charge in [-0.1, -0.05) is 27.5 Å². The highest BCUT2D eigenvalue weighted by atomic mass is 79.9. The summed E-state index contributed by atoms with van der Waals surface area (Å²) in [6.07, 6.45) is 1.21. The molecule has 1 aliphatic heterocycles.